The molecule has 0 aliphatic rings. The van der Waals surface area contributed by atoms with Crippen LogP contribution in [0.2, 0.25) is 0 Å². The Hall–Kier alpha value is -2.04. The third-order valence-electron chi connectivity index (χ3n) is 2.44. The van der Waals surface area contributed by atoms with Gasteiger partial charge in [-0.2, -0.15) is 0 Å². The van der Waals surface area contributed by atoms with Crippen LogP contribution in [-0.4, -0.2) is 23.0 Å². The fourth-order valence-corrected chi connectivity index (χ4v) is 1.53. The first-order chi connectivity index (χ1) is 7.93. The highest BCUT2D eigenvalue weighted by atomic mass is 16.4. The first-order valence-electron chi connectivity index (χ1n) is 5.31. The van der Waals surface area contributed by atoms with Crippen molar-refractivity contribution in [1.29, 1.82) is 0 Å². The molecule has 5 nitrogen and oxygen atoms in total. The number of hydrogen-bond acceptors (Lipinski definition) is 3. The number of hydrogen-bond donors (Lipinski definition) is 3. The Balaban J connectivity index is 3.01. The highest BCUT2D eigenvalue weighted by Gasteiger charge is 2.21. The number of rotatable bonds is 5. The van der Waals surface area contributed by atoms with Crippen molar-refractivity contribution < 1.29 is 14.7 Å². The summed E-state index contributed by atoms with van der Waals surface area (Å²) in [6.45, 7) is 3.68. The van der Waals surface area contributed by atoms with Crippen molar-refractivity contribution in [2.75, 3.05) is 5.32 Å². The molecular formula is C12H16N2O3. The lowest BCUT2D eigenvalue weighted by molar-refractivity contribution is -0.119. The van der Waals surface area contributed by atoms with Crippen molar-refractivity contribution in [3.05, 3.63) is 29.8 Å². The molecule has 1 aromatic carbocycles. The van der Waals surface area contributed by atoms with E-state index < -0.39 is 17.9 Å². The van der Waals surface area contributed by atoms with Crippen LogP contribution in [0.4, 0.5) is 5.69 Å². The van der Waals surface area contributed by atoms with Crippen molar-refractivity contribution in [2.45, 2.75) is 19.9 Å². The van der Waals surface area contributed by atoms with E-state index in [4.69, 9.17) is 10.8 Å². The minimum atomic E-state index is -1.04. The molecule has 0 aromatic heterocycles. The van der Waals surface area contributed by atoms with Gasteiger partial charge in [-0.3, -0.25) is 4.79 Å². The molecule has 0 saturated carbocycles. The van der Waals surface area contributed by atoms with E-state index in [1.807, 2.05) is 13.8 Å². The molecule has 0 fully saturated rings. The largest absolute Gasteiger partial charge is 0.478 e. The Labute approximate surface area is 99.6 Å². The maximum Gasteiger partial charge on any atom is 0.337 e. The Morgan fingerprint density at radius 3 is 2.35 bits per heavy atom. The molecule has 1 atom stereocenters. The van der Waals surface area contributed by atoms with Crippen LogP contribution in [0.5, 0.6) is 0 Å². The summed E-state index contributed by atoms with van der Waals surface area (Å²) in [6.07, 6.45) is 0. The lowest BCUT2D eigenvalue weighted by atomic mass is 10.0. The third kappa shape index (κ3) is 3.21. The number of aromatic carboxylic acids is 1. The number of para-hydroxylation sites is 1. The zero-order chi connectivity index (χ0) is 13.0. The minimum Gasteiger partial charge on any atom is -0.478 e. The summed E-state index contributed by atoms with van der Waals surface area (Å²) in [5.74, 6) is -1.56. The monoisotopic (exact) mass is 236 g/mol. The van der Waals surface area contributed by atoms with E-state index in [0.29, 0.717) is 5.69 Å². The van der Waals surface area contributed by atoms with Crippen LogP contribution in [0.1, 0.15) is 24.2 Å². The van der Waals surface area contributed by atoms with Gasteiger partial charge in [0.15, 0.2) is 0 Å². The van der Waals surface area contributed by atoms with Gasteiger partial charge in [-0.1, -0.05) is 26.0 Å². The van der Waals surface area contributed by atoms with E-state index in [1.54, 1.807) is 18.2 Å². The molecule has 17 heavy (non-hydrogen) atoms. The molecule has 1 unspecified atom stereocenters. The number of benzene rings is 1. The number of anilines is 1. The lowest BCUT2D eigenvalue weighted by Crippen LogP contribution is -2.39. The normalized spacial score (nSPS) is 12.2. The summed E-state index contributed by atoms with van der Waals surface area (Å²) in [5.41, 5.74) is 5.79. The van der Waals surface area contributed by atoms with E-state index in [1.165, 1.54) is 6.07 Å². The maximum atomic E-state index is 11.2. The number of nitrogens with two attached hydrogens (primary N) is 1. The van der Waals surface area contributed by atoms with E-state index >= 15 is 0 Å². The number of amides is 1. The second kappa shape index (κ2) is 5.34. The lowest BCUT2D eigenvalue weighted by Gasteiger charge is -2.21. The van der Waals surface area contributed by atoms with Gasteiger partial charge in [-0.15, -0.1) is 0 Å². The Bertz CT molecular complexity index is 430. The highest BCUT2D eigenvalue weighted by molar-refractivity contribution is 5.95. The summed E-state index contributed by atoms with van der Waals surface area (Å²) in [4.78, 5) is 22.2. The summed E-state index contributed by atoms with van der Waals surface area (Å²) in [6, 6.07) is 5.83. The van der Waals surface area contributed by atoms with E-state index in [0.717, 1.165) is 0 Å². The Morgan fingerprint density at radius 1 is 1.29 bits per heavy atom. The molecule has 1 aromatic rings. The zero-order valence-electron chi connectivity index (χ0n) is 9.81. The molecule has 0 bridgehead atoms. The van der Waals surface area contributed by atoms with Gasteiger partial charge in [0, 0.05) is 5.69 Å². The average molecular weight is 236 g/mol. The predicted molar refractivity (Wildman–Crippen MR) is 64.8 cm³/mol. The van der Waals surface area contributed by atoms with Gasteiger partial charge in [0.1, 0.15) is 6.04 Å². The molecule has 5 heteroatoms. The highest BCUT2D eigenvalue weighted by Crippen LogP contribution is 2.18. The Kier molecular flexibility index (Phi) is 4.09. The van der Waals surface area contributed by atoms with Crippen molar-refractivity contribution in [2.24, 2.45) is 11.7 Å². The second-order valence-electron chi connectivity index (χ2n) is 4.12. The number of carboxylic acid groups (broad SMARTS) is 1. The molecule has 92 valence electrons. The molecule has 1 rings (SSSR count). The van der Waals surface area contributed by atoms with Gasteiger partial charge >= 0.3 is 5.97 Å². The summed E-state index contributed by atoms with van der Waals surface area (Å²) in [7, 11) is 0. The van der Waals surface area contributed by atoms with Gasteiger partial charge in [0.25, 0.3) is 0 Å². The van der Waals surface area contributed by atoms with Crippen LogP contribution in [0.3, 0.4) is 0 Å². The topological polar surface area (TPSA) is 92.4 Å². The fraction of sp³-hybridized carbons (Fsp3) is 0.333. The molecule has 1 amide bonds. The average Bonchev–Trinajstić information content (AvgIpc) is 2.25. The van der Waals surface area contributed by atoms with Crippen LogP contribution in [-0.2, 0) is 4.79 Å². The van der Waals surface area contributed by atoms with Crippen LogP contribution in [0.25, 0.3) is 0 Å². The maximum absolute atomic E-state index is 11.2. The van der Waals surface area contributed by atoms with Crippen LogP contribution in [0, 0.1) is 5.92 Å². The van der Waals surface area contributed by atoms with Crippen molar-refractivity contribution >= 4 is 17.6 Å². The second-order valence-corrected chi connectivity index (χ2v) is 4.12. The molecule has 0 radical (unpaired) electrons. The molecule has 0 heterocycles. The van der Waals surface area contributed by atoms with Crippen LogP contribution < -0.4 is 11.1 Å². The first kappa shape index (κ1) is 13.0. The summed E-state index contributed by atoms with van der Waals surface area (Å²) >= 11 is 0. The minimum absolute atomic E-state index is 0.0191. The van der Waals surface area contributed by atoms with Gasteiger partial charge < -0.3 is 16.2 Å². The third-order valence-corrected chi connectivity index (χ3v) is 2.44. The standard InChI is InChI=1S/C12H16N2O3/c1-7(2)10(11(13)15)14-9-6-4-3-5-8(9)12(16)17/h3-7,10,14H,1-2H3,(H2,13,15)(H,16,17). The molecule has 4 N–H and O–H groups in total. The Morgan fingerprint density at radius 2 is 1.88 bits per heavy atom. The fourth-order valence-electron chi connectivity index (χ4n) is 1.53. The van der Waals surface area contributed by atoms with E-state index in [9.17, 15) is 9.59 Å². The quantitative estimate of drug-likeness (QED) is 0.718. The van der Waals surface area contributed by atoms with Crippen molar-refractivity contribution in [3.63, 3.8) is 0 Å². The SMILES string of the molecule is CC(C)C(Nc1ccccc1C(=O)O)C(N)=O. The molecule has 0 aliphatic heterocycles. The van der Waals surface area contributed by atoms with E-state index in [2.05, 4.69) is 5.32 Å². The summed E-state index contributed by atoms with van der Waals surface area (Å²) < 4.78 is 0. The smallest absolute Gasteiger partial charge is 0.337 e. The molecular weight excluding hydrogens is 220 g/mol. The molecule has 0 saturated heterocycles. The number of nitrogens with one attached hydrogen (secondary N) is 1. The van der Waals surface area contributed by atoms with Gasteiger partial charge in [-0.05, 0) is 18.1 Å². The number of carbonyl (C=O) groups is 2. The van der Waals surface area contributed by atoms with Crippen molar-refractivity contribution in [3.8, 4) is 0 Å². The first-order valence-corrected chi connectivity index (χ1v) is 5.31. The van der Waals surface area contributed by atoms with E-state index in [-0.39, 0.29) is 11.5 Å². The van der Waals surface area contributed by atoms with Crippen LogP contribution in [0.15, 0.2) is 24.3 Å². The van der Waals surface area contributed by atoms with Crippen LogP contribution >= 0.6 is 0 Å². The van der Waals surface area contributed by atoms with Gasteiger partial charge in [-0.25, -0.2) is 4.79 Å². The van der Waals surface area contributed by atoms with Crippen molar-refractivity contribution in [1.82, 2.24) is 0 Å². The van der Waals surface area contributed by atoms with Gasteiger partial charge in [0.05, 0.1) is 5.56 Å². The summed E-state index contributed by atoms with van der Waals surface area (Å²) in [5, 5.41) is 11.9. The molecule has 0 aliphatic carbocycles. The predicted octanol–water partition coefficient (Wildman–Crippen LogP) is 1.31. The van der Waals surface area contributed by atoms with Gasteiger partial charge in [0.2, 0.25) is 5.91 Å². The number of carbonyl (C=O) groups excluding carboxylic acids is 1. The number of primary amides is 1. The number of carboxylic acids is 1. The molecule has 0 spiro atoms. The zero-order valence-corrected chi connectivity index (χ0v) is 9.81.